The summed E-state index contributed by atoms with van der Waals surface area (Å²) in [6.07, 6.45) is 5.35. The number of amides is 1. The standard InChI is InChI=1S/C28H31N3O2/c1-20-6-4-7-23(16-20)21-9-11-22(12-10-21)27-25-18-30(28(33)24-8-5-13-29-17-24)14-2-3-15-31(25)26(27)19-32/h4-13,16-17,25-27,32H,2-3,14-15,18-19H2,1H3/t25-,26+,27+/m0/s1. The van der Waals surface area contributed by atoms with Gasteiger partial charge in [-0.25, -0.2) is 0 Å². The topological polar surface area (TPSA) is 56.7 Å². The summed E-state index contributed by atoms with van der Waals surface area (Å²) >= 11 is 0. The van der Waals surface area contributed by atoms with E-state index in [1.54, 1.807) is 12.4 Å². The third-order valence-electron chi connectivity index (χ3n) is 7.21. The van der Waals surface area contributed by atoms with Crippen LogP contribution in [-0.4, -0.2) is 64.1 Å². The van der Waals surface area contributed by atoms with Crippen molar-refractivity contribution in [1.29, 1.82) is 0 Å². The number of pyridine rings is 1. The van der Waals surface area contributed by atoms with E-state index in [0.717, 1.165) is 25.9 Å². The van der Waals surface area contributed by atoms with Crippen LogP contribution >= 0.6 is 0 Å². The Hall–Kier alpha value is -3.02. The van der Waals surface area contributed by atoms with Crippen LogP contribution in [0.25, 0.3) is 11.1 Å². The maximum atomic E-state index is 13.2. The number of rotatable bonds is 4. The molecule has 2 saturated heterocycles. The van der Waals surface area contributed by atoms with Crippen LogP contribution in [-0.2, 0) is 0 Å². The van der Waals surface area contributed by atoms with E-state index >= 15 is 0 Å². The lowest BCUT2D eigenvalue weighted by atomic mass is 9.74. The highest BCUT2D eigenvalue weighted by atomic mass is 16.3. The minimum absolute atomic E-state index is 0.0472. The quantitative estimate of drug-likeness (QED) is 0.662. The van der Waals surface area contributed by atoms with Crippen LogP contribution in [0.1, 0.15) is 40.2 Å². The molecule has 5 nitrogen and oxygen atoms in total. The average Bonchev–Trinajstić information content (AvgIpc) is 2.83. The Morgan fingerprint density at radius 1 is 1.03 bits per heavy atom. The molecule has 2 aromatic carbocycles. The molecule has 3 atom stereocenters. The van der Waals surface area contributed by atoms with E-state index in [0.29, 0.717) is 12.1 Å². The van der Waals surface area contributed by atoms with Crippen LogP contribution in [0.5, 0.6) is 0 Å². The van der Waals surface area contributed by atoms with Crippen LogP contribution in [0.2, 0.25) is 0 Å². The molecule has 170 valence electrons. The van der Waals surface area contributed by atoms with Crippen molar-refractivity contribution in [3.8, 4) is 11.1 Å². The molecule has 0 aliphatic carbocycles. The predicted molar refractivity (Wildman–Crippen MR) is 130 cm³/mol. The lowest BCUT2D eigenvalue weighted by molar-refractivity contribution is -0.0606. The van der Waals surface area contributed by atoms with Gasteiger partial charge in [-0.3, -0.25) is 14.7 Å². The Balaban J connectivity index is 1.39. The van der Waals surface area contributed by atoms with E-state index in [1.807, 2.05) is 17.0 Å². The zero-order valence-electron chi connectivity index (χ0n) is 19.1. The number of benzene rings is 2. The van der Waals surface area contributed by atoms with Gasteiger partial charge in [0.2, 0.25) is 0 Å². The highest BCUT2D eigenvalue weighted by Gasteiger charge is 2.49. The summed E-state index contributed by atoms with van der Waals surface area (Å²) in [5.41, 5.74) is 5.54. The van der Waals surface area contributed by atoms with E-state index in [2.05, 4.69) is 65.3 Å². The molecule has 0 spiro atoms. The third kappa shape index (κ3) is 4.31. The Morgan fingerprint density at radius 2 is 1.85 bits per heavy atom. The fourth-order valence-corrected chi connectivity index (χ4v) is 5.52. The van der Waals surface area contributed by atoms with Gasteiger partial charge in [-0.15, -0.1) is 0 Å². The van der Waals surface area contributed by atoms with Crippen molar-refractivity contribution in [2.24, 2.45) is 0 Å². The van der Waals surface area contributed by atoms with E-state index in [9.17, 15) is 9.90 Å². The van der Waals surface area contributed by atoms with Crippen LogP contribution in [0, 0.1) is 6.92 Å². The number of aliphatic hydroxyl groups is 1. The molecule has 0 unspecified atom stereocenters. The monoisotopic (exact) mass is 441 g/mol. The largest absolute Gasteiger partial charge is 0.395 e. The van der Waals surface area contributed by atoms with Crippen LogP contribution < -0.4 is 0 Å². The van der Waals surface area contributed by atoms with Crippen LogP contribution in [0.4, 0.5) is 0 Å². The van der Waals surface area contributed by atoms with Gasteiger partial charge in [0.05, 0.1) is 12.2 Å². The minimum atomic E-state index is 0.0472. The van der Waals surface area contributed by atoms with Gasteiger partial charge >= 0.3 is 0 Å². The lowest BCUT2D eigenvalue weighted by Crippen LogP contribution is -2.67. The van der Waals surface area contributed by atoms with Crippen LogP contribution in [0.15, 0.2) is 73.1 Å². The molecular weight excluding hydrogens is 410 g/mol. The summed E-state index contributed by atoms with van der Waals surface area (Å²) in [6, 6.07) is 21.3. The van der Waals surface area contributed by atoms with Gasteiger partial charge < -0.3 is 10.0 Å². The lowest BCUT2D eigenvalue weighted by Gasteiger charge is -2.57. The van der Waals surface area contributed by atoms with E-state index < -0.39 is 0 Å². The molecule has 2 aliphatic heterocycles. The summed E-state index contributed by atoms with van der Waals surface area (Å²) in [4.78, 5) is 21.7. The Labute approximate surface area is 195 Å². The molecule has 0 bridgehead atoms. The maximum absolute atomic E-state index is 13.2. The Morgan fingerprint density at radius 3 is 2.58 bits per heavy atom. The summed E-state index contributed by atoms with van der Waals surface area (Å²) < 4.78 is 0. The third-order valence-corrected chi connectivity index (χ3v) is 7.21. The molecule has 3 heterocycles. The summed E-state index contributed by atoms with van der Waals surface area (Å²) in [7, 11) is 0. The molecule has 5 heteroatoms. The van der Waals surface area contributed by atoms with Crippen molar-refractivity contribution < 1.29 is 9.90 Å². The number of nitrogens with zero attached hydrogens (tertiary/aromatic N) is 3. The van der Waals surface area contributed by atoms with Gasteiger partial charge in [0.15, 0.2) is 0 Å². The molecule has 1 amide bonds. The van der Waals surface area contributed by atoms with Crippen molar-refractivity contribution in [1.82, 2.24) is 14.8 Å². The number of aliphatic hydroxyl groups excluding tert-OH is 1. The number of hydrogen-bond acceptors (Lipinski definition) is 4. The molecule has 3 aromatic rings. The molecule has 1 N–H and O–H groups in total. The molecule has 2 fully saturated rings. The Bertz CT molecular complexity index is 1100. The normalized spacial score (nSPS) is 23.2. The van der Waals surface area contributed by atoms with Crippen molar-refractivity contribution >= 4 is 5.91 Å². The van der Waals surface area contributed by atoms with Crippen molar-refractivity contribution in [2.75, 3.05) is 26.2 Å². The second kappa shape index (κ2) is 9.46. The van der Waals surface area contributed by atoms with Gasteiger partial charge in [0.1, 0.15) is 0 Å². The van der Waals surface area contributed by atoms with Crippen molar-refractivity contribution in [2.45, 2.75) is 37.8 Å². The summed E-state index contributed by atoms with van der Waals surface area (Å²) in [5, 5.41) is 10.2. The second-order valence-electron chi connectivity index (χ2n) is 9.27. The van der Waals surface area contributed by atoms with Crippen molar-refractivity contribution in [3.63, 3.8) is 0 Å². The van der Waals surface area contributed by atoms with Crippen LogP contribution in [0.3, 0.4) is 0 Å². The fraction of sp³-hybridized carbons (Fsp3) is 0.357. The SMILES string of the molecule is Cc1cccc(-c2ccc([C@H]3[C@@H](CO)N4CCCCN(C(=O)c5cccnc5)C[C@@H]34)cc2)c1. The molecule has 5 rings (SSSR count). The summed E-state index contributed by atoms with van der Waals surface area (Å²) in [5.74, 6) is 0.259. The van der Waals surface area contributed by atoms with Gasteiger partial charge in [-0.1, -0.05) is 54.1 Å². The zero-order valence-corrected chi connectivity index (χ0v) is 19.1. The summed E-state index contributed by atoms with van der Waals surface area (Å²) in [6.45, 7) is 4.66. The van der Waals surface area contributed by atoms with Gasteiger partial charge in [-0.2, -0.15) is 0 Å². The molecule has 2 aliphatic rings. The van der Waals surface area contributed by atoms with E-state index in [4.69, 9.17) is 0 Å². The first-order chi connectivity index (χ1) is 16.2. The first-order valence-corrected chi connectivity index (χ1v) is 11.9. The number of carbonyl (C=O) groups is 1. The van der Waals surface area contributed by atoms with Crippen molar-refractivity contribution in [3.05, 3.63) is 89.7 Å². The maximum Gasteiger partial charge on any atom is 0.255 e. The smallest absolute Gasteiger partial charge is 0.255 e. The first-order valence-electron chi connectivity index (χ1n) is 11.9. The number of aryl methyl sites for hydroxylation is 1. The molecule has 33 heavy (non-hydrogen) atoms. The van der Waals surface area contributed by atoms with Gasteiger partial charge in [-0.05, 0) is 55.1 Å². The van der Waals surface area contributed by atoms with E-state index in [-0.39, 0.29) is 30.5 Å². The number of aromatic nitrogens is 1. The predicted octanol–water partition coefficient (Wildman–Crippen LogP) is 4.12. The molecular formula is C28H31N3O2. The van der Waals surface area contributed by atoms with E-state index in [1.165, 1.54) is 22.3 Å². The molecule has 1 aromatic heterocycles. The first kappa shape index (κ1) is 21.8. The average molecular weight is 442 g/mol. The highest BCUT2D eigenvalue weighted by Crippen LogP contribution is 2.42. The molecule has 0 saturated carbocycles. The fourth-order valence-electron chi connectivity index (χ4n) is 5.52. The zero-order chi connectivity index (χ0) is 22.8. The van der Waals surface area contributed by atoms with Gasteiger partial charge in [0, 0.05) is 43.5 Å². The number of fused-ring (bicyclic) bond motifs is 1. The molecule has 0 radical (unpaired) electrons. The number of carbonyl (C=O) groups excluding carboxylic acids is 1. The highest BCUT2D eigenvalue weighted by molar-refractivity contribution is 5.93. The minimum Gasteiger partial charge on any atom is -0.395 e. The van der Waals surface area contributed by atoms with Gasteiger partial charge in [0.25, 0.3) is 5.91 Å². The second-order valence-corrected chi connectivity index (χ2v) is 9.27. The Kier molecular flexibility index (Phi) is 6.25. The number of hydrogen-bond donors (Lipinski definition) is 1.